The van der Waals surface area contributed by atoms with E-state index < -0.39 is 9.84 Å². The first-order chi connectivity index (χ1) is 10.5. The fourth-order valence-corrected chi connectivity index (χ4v) is 5.64. The maximum absolute atomic E-state index is 11.6. The lowest BCUT2D eigenvalue weighted by Gasteiger charge is -2.01. The third-order valence-corrected chi connectivity index (χ3v) is 6.86. The SMILES string of the molecule is O=S1(=O)CC[C@H](c2nn3c(-c4ccccc4Cl)nnc3s2)C1. The van der Waals surface area contributed by atoms with Gasteiger partial charge in [-0.05, 0) is 18.6 Å². The van der Waals surface area contributed by atoms with E-state index in [1.54, 1.807) is 10.6 Å². The van der Waals surface area contributed by atoms with Crippen LogP contribution in [-0.4, -0.2) is 39.7 Å². The van der Waals surface area contributed by atoms with Crippen molar-refractivity contribution in [1.29, 1.82) is 0 Å². The van der Waals surface area contributed by atoms with Gasteiger partial charge in [0.15, 0.2) is 15.7 Å². The number of rotatable bonds is 2. The van der Waals surface area contributed by atoms with Gasteiger partial charge in [0.05, 0.1) is 16.5 Å². The highest BCUT2D eigenvalue weighted by Crippen LogP contribution is 2.33. The molecule has 9 heteroatoms. The minimum absolute atomic E-state index is 0.0456. The molecule has 0 radical (unpaired) electrons. The van der Waals surface area contributed by atoms with Gasteiger partial charge in [0.25, 0.3) is 0 Å². The summed E-state index contributed by atoms with van der Waals surface area (Å²) in [5.74, 6) is 0.924. The van der Waals surface area contributed by atoms with Crippen LogP contribution >= 0.6 is 22.9 Å². The van der Waals surface area contributed by atoms with Gasteiger partial charge in [0.1, 0.15) is 5.01 Å². The third-order valence-electron chi connectivity index (χ3n) is 3.70. The quantitative estimate of drug-likeness (QED) is 0.706. The number of sulfone groups is 1. The zero-order valence-corrected chi connectivity index (χ0v) is 13.7. The van der Waals surface area contributed by atoms with Crippen molar-refractivity contribution in [3.8, 4) is 11.4 Å². The molecule has 1 atom stereocenters. The van der Waals surface area contributed by atoms with Crippen molar-refractivity contribution in [2.24, 2.45) is 0 Å². The molecule has 0 aliphatic carbocycles. The molecule has 0 bridgehead atoms. The van der Waals surface area contributed by atoms with E-state index in [1.165, 1.54) is 11.3 Å². The van der Waals surface area contributed by atoms with E-state index >= 15 is 0 Å². The van der Waals surface area contributed by atoms with Crippen molar-refractivity contribution in [2.45, 2.75) is 12.3 Å². The van der Waals surface area contributed by atoms with Crippen molar-refractivity contribution in [1.82, 2.24) is 19.8 Å². The van der Waals surface area contributed by atoms with Crippen molar-refractivity contribution in [3.05, 3.63) is 34.3 Å². The number of hydrogen-bond acceptors (Lipinski definition) is 6. The molecule has 2 aromatic heterocycles. The lowest BCUT2D eigenvalue weighted by molar-refractivity contribution is 0.601. The second kappa shape index (κ2) is 5.00. The molecular formula is C13H11ClN4O2S2. The molecule has 114 valence electrons. The number of halogens is 1. The summed E-state index contributed by atoms with van der Waals surface area (Å²) in [7, 11) is -2.93. The molecule has 0 unspecified atom stereocenters. The Balaban J connectivity index is 1.79. The molecule has 0 N–H and O–H groups in total. The number of nitrogens with zero attached hydrogens (tertiary/aromatic N) is 4. The predicted molar refractivity (Wildman–Crippen MR) is 85.1 cm³/mol. The number of aromatic nitrogens is 4. The highest BCUT2D eigenvalue weighted by atomic mass is 35.5. The molecule has 4 rings (SSSR count). The van der Waals surface area contributed by atoms with Crippen LogP contribution in [0.4, 0.5) is 0 Å². The van der Waals surface area contributed by atoms with Crippen LogP contribution in [0.25, 0.3) is 16.3 Å². The van der Waals surface area contributed by atoms with Crippen molar-refractivity contribution < 1.29 is 8.42 Å². The topological polar surface area (TPSA) is 77.2 Å². The van der Waals surface area contributed by atoms with E-state index in [4.69, 9.17) is 11.6 Å². The molecule has 0 spiro atoms. The standard InChI is InChI=1S/C13H11ClN4O2S2/c14-10-4-2-1-3-9(10)11-15-16-13-18(11)17-12(21-13)8-5-6-22(19,20)7-8/h1-4,8H,5-7H2/t8-/m0/s1. The van der Waals surface area contributed by atoms with Crippen LogP contribution in [-0.2, 0) is 9.84 Å². The van der Waals surface area contributed by atoms with Crippen LogP contribution in [0.1, 0.15) is 17.3 Å². The van der Waals surface area contributed by atoms with Crippen LogP contribution in [0, 0.1) is 0 Å². The molecule has 1 aromatic carbocycles. The third kappa shape index (κ3) is 2.31. The van der Waals surface area contributed by atoms with Crippen LogP contribution < -0.4 is 0 Å². The second-order valence-corrected chi connectivity index (χ2v) is 8.86. The first-order valence-electron chi connectivity index (χ1n) is 6.71. The summed E-state index contributed by atoms with van der Waals surface area (Å²) >= 11 is 7.59. The Morgan fingerprint density at radius 1 is 1.27 bits per heavy atom. The number of fused-ring (bicyclic) bond motifs is 1. The van der Waals surface area contributed by atoms with Crippen LogP contribution in [0.3, 0.4) is 0 Å². The molecular weight excluding hydrogens is 344 g/mol. The highest BCUT2D eigenvalue weighted by molar-refractivity contribution is 7.91. The lowest BCUT2D eigenvalue weighted by atomic mass is 10.1. The largest absolute Gasteiger partial charge is 0.234 e. The monoisotopic (exact) mass is 354 g/mol. The van der Waals surface area contributed by atoms with E-state index in [-0.39, 0.29) is 17.4 Å². The first kappa shape index (κ1) is 14.1. The van der Waals surface area contributed by atoms with Crippen molar-refractivity contribution in [2.75, 3.05) is 11.5 Å². The van der Waals surface area contributed by atoms with Gasteiger partial charge in [0, 0.05) is 11.5 Å². The van der Waals surface area contributed by atoms with Gasteiger partial charge >= 0.3 is 0 Å². The van der Waals surface area contributed by atoms with Gasteiger partial charge in [-0.25, -0.2) is 8.42 Å². The molecule has 1 saturated heterocycles. The summed E-state index contributed by atoms with van der Waals surface area (Å²) < 4.78 is 24.9. The van der Waals surface area contributed by atoms with Gasteiger partial charge in [-0.15, -0.1) is 10.2 Å². The molecule has 3 heterocycles. The summed E-state index contributed by atoms with van der Waals surface area (Å²) in [6.45, 7) is 0. The Kier molecular flexibility index (Phi) is 3.21. The average Bonchev–Trinajstić information content (AvgIpc) is 3.13. The fraction of sp³-hybridized carbons (Fsp3) is 0.308. The van der Waals surface area contributed by atoms with Crippen LogP contribution in [0.5, 0.6) is 0 Å². The normalized spacial score (nSPS) is 20.7. The first-order valence-corrected chi connectivity index (χ1v) is 9.72. The van der Waals surface area contributed by atoms with Crippen molar-refractivity contribution >= 4 is 37.7 Å². The lowest BCUT2D eigenvalue weighted by Crippen LogP contribution is -2.04. The Hall–Kier alpha value is -1.51. The van der Waals surface area contributed by atoms with Gasteiger partial charge in [0.2, 0.25) is 4.96 Å². The maximum Gasteiger partial charge on any atom is 0.234 e. The Morgan fingerprint density at radius 2 is 2.09 bits per heavy atom. The van der Waals surface area contributed by atoms with E-state index in [9.17, 15) is 8.42 Å². The summed E-state index contributed by atoms with van der Waals surface area (Å²) in [5.41, 5.74) is 0.757. The fourth-order valence-electron chi connectivity index (χ4n) is 2.60. The van der Waals surface area contributed by atoms with Gasteiger partial charge in [-0.3, -0.25) is 0 Å². The van der Waals surface area contributed by atoms with E-state index in [2.05, 4.69) is 15.3 Å². The van der Waals surface area contributed by atoms with Crippen LogP contribution in [0.15, 0.2) is 24.3 Å². The molecule has 1 aliphatic rings. The predicted octanol–water partition coefficient (Wildman–Crippen LogP) is 2.41. The second-order valence-electron chi connectivity index (χ2n) is 5.24. The number of benzene rings is 1. The minimum Gasteiger partial charge on any atom is -0.229 e. The summed E-state index contributed by atoms with van der Waals surface area (Å²) in [5, 5.41) is 14.2. The molecule has 0 saturated carbocycles. The van der Waals surface area contributed by atoms with Gasteiger partial charge in [-0.2, -0.15) is 9.61 Å². The molecule has 22 heavy (non-hydrogen) atoms. The average molecular weight is 355 g/mol. The number of hydrogen-bond donors (Lipinski definition) is 0. The Bertz CT molecular complexity index is 963. The molecule has 6 nitrogen and oxygen atoms in total. The minimum atomic E-state index is -2.93. The summed E-state index contributed by atoms with van der Waals surface area (Å²) in [4.78, 5) is 0.647. The molecule has 1 aliphatic heterocycles. The summed E-state index contributed by atoms with van der Waals surface area (Å²) in [6, 6.07) is 7.37. The Morgan fingerprint density at radius 3 is 2.82 bits per heavy atom. The van der Waals surface area contributed by atoms with E-state index in [0.717, 1.165) is 10.6 Å². The molecule has 1 fully saturated rings. The van der Waals surface area contributed by atoms with E-state index in [0.29, 0.717) is 22.2 Å². The van der Waals surface area contributed by atoms with Gasteiger partial charge in [-0.1, -0.05) is 35.1 Å². The Labute approximate surface area is 135 Å². The molecule has 0 amide bonds. The zero-order valence-electron chi connectivity index (χ0n) is 11.3. The smallest absolute Gasteiger partial charge is 0.229 e. The van der Waals surface area contributed by atoms with Crippen LogP contribution in [0.2, 0.25) is 5.02 Å². The highest BCUT2D eigenvalue weighted by Gasteiger charge is 2.32. The molecule has 3 aromatic rings. The maximum atomic E-state index is 11.6. The zero-order chi connectivity index (χ0) is 15.3. The van der Waals surface area contributed by atoms with Gasteiger partial charge < -0.3 is 0 Å². The summed E-state index contributed by atoms with van der Waals surface area (Å²) in [6.07, 6.45) is 0.619. The van der Waals surface area contributed by atoms with E-state index in [1.807, 2.05) is 18.2 Å². The van der Waals surface area contributed by atoms with Crippen molar-refractivity contribution in [3.63, 3.8) is 0 Å².